The number of nitrogens with zero attached hydrogens (tertiary/aromatic N) is 2. The van der Waals surface area contributed by atoms with Gasteiger partial charge in [-0.25, -0.2) is 4.98 Å². The molecule has 5 heteroatoms. The number of aryl methyl sites for hydroxylation is 1. The Morgan fingerprint density at radius 2 is 2.05 bits per heavy atom. The number of rotatable bonds is 4. The summed E-state index contributed by atoms with van der Waals surface area (Å²) in [6.07, 6.45) is 1.68. The van der Waals surface area contributed by atoms with Crippen LogP contribution in [0.5, 0.6) is 0 Å². The van der Waals surface area contributed by atoms with E-state index in [4.69, 9.17) is 11.5 Å². The average Bonchev–Trinajstić information content (AvgIpc) is 2.45. The topological polar surface area (TPSA) is 85.2 Å². The van der Waals surface area contributed by atoms with Crippen molar-refractivity contribution >= 4 is 17.4 Å². The van der Waals surface area contributed by atoms with Crippen molar-refractivity contribution in [1.29, 1.82) is 0 Å². The molecule has 1 unspecified atom stereocenters. The molecule has 110 valence electrons. The van der Waals surface area contributed by atoms with E-state index in [9.17, 15) is 4.79 Å². The number of amides is 1. The van der Waals surface area contributed by atoms with Gasteiger partial charge in [0.05, 0.1) is 11.6 Å². The molecule has 5 nitrogen and oxygen atoms in total. The first-order valence-electron chi connectivity index (χ1n) is 6.75. The molecular weight excluding hydrogens is 264 g/mol. The van der Waals surface area contributed by atoms with E-state index in [-0.39, 0.29) is 6.04 Å². The summed E-state index contributed by atoms with van der Waals surface area (Å²) in [5.74, 6) is 0.111. The molecule has 0 aliphatic rings. The van der Waals surface area contributed by atoms with Crippen LogP contribution in [0, 0.1) is 6.92 Å². The van der Waals surface area contributed by atoms with Crippen LogP contribution >= 0.6 is 0 Å². The number of anilines is 2. The highest BCUT2D eigenvalue weighted by Gasteiger charge is 2.20. The van der Waals surface area contributed by atoms with Gasteiger partial charge in [0.2, 0.25) is 0 Å². The fourth-order valence-corrected chi connectivity index (χ4v) is 2.34. The SMILES string of the molecule is Cc1ccnc(N(C)C(C)c2cccc(N)c2)c1C(N)=O. The van der Waals surface area contributed by atoms with Crippen molar-refractivity contribution < 1.29 is 4.79 Å². The molecular formula is C16H20N4O. The van der Waals surface area contributed by atoms with Gasteiger partial charge in [-0.1, -0.05) is 12.1 Å². The second-order valence-electron chi connectivity index (χ2n) is 5.15. The van der Waals surface area contributed by atoms with Gasteiger partial charge in [0.25, 0.3) is 5.91 Å². The minimum atomic E-state index is -0.470. The molecule has 1 amide bonds. The van der Waals surface area contributed by atoms with Crippen molar-refractivity contribution in [3.63, 3.8) is 0 Å². The third-order valence-electron chi connectivity index (χ3n) is 3.69. The predicted octanol–water partition coefficient (Wildman–Crippen LogP) is 2.27. The first kappa shape index (κ1) is 14.8. The van der Waals surface area contributed by atoms with E-state index in [1.165, 1.54) is 0 Å². The molecule has 1 aromatic heterocycles. The van der Waals surface area contributed by atoms with Gasteiger partial charge >= 0.3 is 0 Å². The zero-order valence-electron chi connectivity index (χ0n) is 12.5. The second-order valence-corrected chi connectivity index (χ2v) is 5.15. The molecule has 0 saturated heterocycles. The highest BCUT2D eigenvalue weighted by Crippen LogP contribution is 2.28. The van der Waals surface area contributed by atoms with Gasteiger partial charge in [-0.05, 0) is 43.2 Å². The molecule has 1 atom stereocenters. The van der Waals surface area contributed by atoms with Crippen LogP contribution in [0.3, 0.4) is 0 Å². The van der Waals surface area contributed by atoms with Crippen LogP contribution in [-0.2, 0) is 0 Å². The Morgan fingerprint density at radius 3 is 2.67 bits per heavy atom. The quantitative estimate of drug-likeness (QED) is 0.843. The zero-order valence-corrected chi connectivity index (χ0v) is 12.5. The Hall–Kier alpha value is -2.56. The lowest BCUT2D eigenvalue weighted by Crippen LogP contribution is -2.27. The normalized spacial score (nSPS) is 12.0. The number of primary amides is 1. The third-order valence-corrected chi connectivity index (χ3v) is 3.69. The molecule has 1 aromatic carbocycles. The summed E-state index contributed by atoms with van der Waals surface area (Å²) in [6, 6.07) is 9.46. The lowest BCUT2D eigenvalue weighted by atomic mass is 10.0. The summed E-state index contributed by atoms with van der Waals surface area (Å²) in [7, 11) is 1.89. The number of carbonyl (C=O) groups is 1. The molecule has 4 N–H and O–H groups in total. The Balaban J connectivity index is 2.43. The molecule has 1 heterocycles. The fraction of sp³-hybridized carbons (Fsp3) is 0.250. The Morgan fingerprint density at radius 1 is 1.33 bits per heavy atom. The number of pyridine rings is 1. The second kappa shape index (κ2) is 5.83. The van der Waals surface area contributed by atoms with E-state index in [0.717, 1.165) is 11.1 Å². The molecule has 2 aromatic rings. The van der Waals surface area contributed by atoms with Crippen LogP contribution in [0.1, 0.15) is 34.5 Å². The van der Waals surface area contributed by atoms with E-state index >= 15 is 0 Å². The van der Waals surface area contributed by atoms with Crippen molar-refractivity contribution in [3.05, 3.63) is 53.2 Å². The van der Waals surface area contributed by atoms with E-state index in [1.807, 2.05) is 50.1 Å². The number of carbonyl (C=O) groups excluding carboxylic acids is 1. The van der Waals surface area contributed by atoms with E-state index in [0.29, 0.717) is 17.1 Å². The van der Waals surface area contributed by atoms with Gasteiger partial charge in [-0.15, -0.1) is 0 Å². The minimum Gasteiger partial charge on any atom is -0.399 e. The number of nitrogens with two attached hydrogens (primary N) is 2. The van der Waals surface area contributed by atoms with Crippen molar-refractivity contribution in [2.24, 2.45) is 5.73 Å². The lowest BCUT2D eigenvalue weighted by molar-refractivity contribution is 0.1000. The summed E-state index contributed by atoms with van der Waals surface area (Å²) >= 11 is 0. The summed E-state index contributed by atoms with van der Waals surface area (Å²) < 4.78 is 0. The van der Waals surface area contributed by atoms with Gasteiger partial charge < -0.3 is 16.4 Å². The minimum absolute atomic E-state index is 0.0147. The monoisotopic (exact) mass is 284 g/mol. The number of nitrogen functional groups attached to an aromatic ring is 1. The van der Waals surface area contributed by atoms with Gasteiger partial charge in [0.1, 0.15) is 5.82 Å². The highest BCUT2D eigenvalue weighted by molar-refractivity contribution is 5.99. The molecule has 21 heavy (non-hydrogen) atoms. The Labute approximate surface area is 124 Å². The Bertz CT molecular complexity index is 669. The molecule has 0 aliphatic heterocycles. The maximum absolute atomic E-state index is 11.7. The van der Waals surface area contributed by atoms with E-state index in [2.05, 4.69) is 4.98 Å². The summed E-state index contributed by atoms with van der Waals surface area (Å²) in [5, 5.41) is 0. The molecule has 0 radical (unpaired) electrons. The molecule has 0 spiro atoms. The van der Waals surface area contributed by atoms with Crippen LogP contribution in [0.25, 0.3) is 0 Å². The van der Waals surface area contributed by atoms with E-state index in [1.54, 1.807) is 12.3 Å². The van der Waals surface area contributed by atoms with Crippen LogP contribution in [0.4, 0.5) is 11.5 Å². The number of aromatic nitrogens is 1. The van der Waals surface area contributed by atoms with Crippen molar-refractivity contribution in [2.45, 2.75) is 19.9 Å². The third kappa shape index (κ3) is 2.97. The van der Waals surface area contributed by atoms with E-state index < -0.39 is 5.91 Å². The smallest absolute Gasteiger partial charge is 0.252 e. The van der Waals surface area contributed by atoms with Crippen molar-refractivity contribution in [3.8, 4) is 0 Å². The molecule has 0 aliphatic carbocycles. The standard InChI is InChI=1S/C16H20N4O/c1-10-7-8-19-16(14(10)15(18)21)20(3)11(2)12-5-4-6-13(17)9-12/h4-9,11H,17H2,1-3H3,(H2,18,21). The largest absolute Gasteiger partial charge is 0.399 e. The number of hydrogen-bond acceptors (Lipinski definition) is 4. The summed E-state index contributed by atoms with van der Waals surface area (Å²) in [5.41, 5.74) is 14.4. The Kier molecular flexibility index (Phi) is 4.12. The van der Waals surface area contributed by atoms with Gasteiger partial charge in [0.15, 0.2) is 0 Å². The van der Waals surface area contributed by atoms with Crippen LogP contribution in [0.15, 0.2) is 36.5 Å². The highest BCUT2D eigenvalue weighted by atomic mass is 16.1. The maximum Gasteiger partial charge on any atom is 0.252 e. The van der Waals surface area contributed by atoms with Crippen LogP contribution < -0.4 is 16.4 Å². The first-order chi connectivity index (χ1) is 9.91. The van der Waals surface area contributed by atoms with Gasteiger partial charge in [-0.2, -0.15) is 0 Å². The number of hydrogen-bond donors (Lipinski definition) is 2. The summed E-state index contributed by atoms with van der Waals surface area (Å²) in [6.45, 7) is 3.88. The zero-order chi connectivity index (χ0) is 15.6. The number of benzene rings is 1. The molecule has 0 bridgehead atoms. The van der Waals surface area contributed by atoms with Crippen molar-refractivity contribution in [2.75, 3.05) is 17.7 Å². The molecule has 2 rings (SSSR count). The van der Waals surface area contributed by atoms with Crippen molar-refractivity contribution in [1.82, 2.24) is 4.98 Å². The summed E-state index contributed by atoms with van der Waals surface area (Å²) in [4.78, 5) is 18.0. The maximum atomic E-state index is 11.7. The fourth-order valence-electron chi connectivity index (χ4n) is 2.34. The van der Waals surface area contributed by atoms with Gasteiger partial charge in [0, 0.05) is 18.9 Å². The van der Waals surface area contributed by atoms with Crippen LogP contribution in [0.2, 0.25) is 0 Å². The average molecular weight is 284 g/mol. The molecule has 0 fully saturated rings. The van der Waals surface area contributed by atoms with Crippen LogP contribution in [-0.4, -0.2) is 17.9 Å². The lowest BCUT2D eigenvalue weighted by Gasteiger charge is -2.28. The predicted molar refractivity (Wildman–Crippen MR) is 85.2 cm³/mol. The molecule has 0 saturated carbocycles. The van der Waals surface area contributed by atoms with Gasteiger partial charge in [-0.3, -0.25) is 4.79 Å². The first-order valence-corrected chi connectivity index (χ1v) is 6.75.